The smallest absolute Gasteiger partial charge is 0.331 e. The molecule has 2 heterocycles. The molecule has 2 aromatic heterocycles. The Balaban J connectivity index is 2.20. The molecular weight excluding hydrogens is 300 g/mol. The van der Waals surface area contributed by atoms with Gasteiger partial charge >= 0.3 is 5.97 Å². The Bertz CT molecular complexity index is 785. The Morgan fingerprint density at radius 1 is 1.26 bits per heavy atom. The Kier molecular flexibility index (Phi) is 4.09. The zero-order chi connectivity index (χ0) is 17.4. The van der Waals surface area contributed by atoms with Gasteiger partial charge in [0.2, 0.25) is 0 Å². The van der Waals surface area contributed by atoms with Crippen LogP contribution in [0.5, 0.6) is 0 Å². The predicted octanol–water partition coefficient (Wildman–Crippen LogP) is 1.50. The van der Waals surface area contributed by atoms with Crippen molar-refractivity contribution in [2.24, 2.45) is 7.05 Å². The van der Waals surface area contributed by atoms with Gasteiger partial charge in [-0.15, -0.1) is 0 Å². The van der Waals surface area contributed by atoms with Crippen LogP contribution in [0.4, 0.5) is 5.69 Å². The van der Waals surface area contributed by atoms with Crippen molar-refractivity contribution in [1.82, 2.24) is 14.3 Å². The van der Waals surface area contributed by atoms with E-state index in [1.807, 2.05) is 0 Å². The van der Waals surface area contributed by atoms with Gasteiger partial charge < -0.3 is 15.0 Å². The number of nitrogens with one attached hydrogen (secondary N) is 1. The molecule has 23 heavy (non-hydrogen) atoms. The van der Waals surface area contributed by atoms with Gasteiger partial charge in [0.1, 0.15) is 5.69 Å². The number of aryl methyl sites for hydroxylation is 1. The van der Waals surface area contributed by atoms with Crippen LogP contribution in [0.1, 0.15) is 41.6 Å². The maximum absolute atomic E-state index is 12.3. The number of carboxylic acids is 1. The summed E-state index contributed by atoms with van der Waals surface area (Å²) in [6.45, 7) is 4.43. The number of aromatic nitrogens is 3. The van der Waals surface area contributed by atoms with Gasteiger partial charge in [-0.05, 0) is 26.8 Å². The van der Waals surface area contributed by atoms with Crippen LogP contribution in [0.2, 0.25) is 0 Å². The van der Waals surface area contributed by atoms with Crippen molar-refractivity contribution in [2.45, 2.75) is 26.3 Å². The lowest BCUT2D eigenvalue weighted by Gasteiger charge is -2.19. The van der Waals surface area contributed by atoms with E-state index in [2.05, 4.69) is 10.4 Å². The third-order valence-electron chi connectivity index (χ3n) is 3.58. The number of ketones is 1. The molecule has 122 valence electrons. The Morgan fingerprint density at radius 3 is 2.43 bits per heavy atom. The minimum atomic E-state index is -1.23. The average Bonchev–Trinajstić information content (AvgIpc) is 3.05. The number of hydrogen-bond donors (Lipinski definition) is 2. The first-order chi connectivity index (χ1) is 10.6. The van der Waals surface area contributed by atoms with Gasteiger partial charge in [-0.1, -0.05) is 0 Å². The number of anilines is 1. The highest BCUT2D eigenvalue weighted by atomic mass is 16.4. The summed E-state index contributed by atoms with van der Waals surface area (Å²) in [5.41, 5.74) is -0.0915. The first-order valence-corrected chi connectivity index (χ1v) is 6.90. The monoisotopic (exact) mass is 318 g/mol. The molecule has 0 aliphatic heterocycles. The molecule has 0 spiro atoms. The number of carbonyl (C=O) groups excluding carboxylic acids is 2. The standard InChI is InChI=1S/C15H18N4O4/c1-9(20)10-5-12(18(4)7-10)13(21)17-11-6-16-19(8-11)15(2,3)14(22)23/h5-8H,1-4H3,(H,17,21)(H,22,23). The highest BCUT2D eigenvalue weighted by molar-refractivity contribution is 6.05. The van der Waals surface area contributed by atoms with Gasteiger partial charge in [-0.2, -0.15) is 5.10 Å². The van der Waals surface area contributed by atoms with Crippen molar-refractivity contribution in [2.75, 3.05) is 5.32 Å². The van der Waals surface area contributed by atoms with Gasteiger partial charge in [0.05, 0.1) is 11.9 Å². The first-order valence-electron chi connectivity index (χ1n) is 6.90. The quantitative estimate of drug-likeness (QED) is 0.813. The molecule has 0 radical (unpaired) electrons. The van der Waals surface area contributed by atoms with Crippen molar-refractivity contribution >= 4 is 23.3 Å². The Labute approximate surface area is 132 Å². The van der Waals surface area contributed by atoms with E-state index in [1.54, 1.807) is 17.8 Å². The number of carbonyl (C=O) groups is 3. The molecule has 0 saturated carbocycles. The van der Waals surface area contributed by atoms with Crippen LogP contribution in [-0.4, -0.2) is 37.1 Å². The van der Waals surface area contributed by atoms with Crippen molar-refractivity contribution < 1.29 is 19.5 Å². The normalized spacial score (nSPS) is 11.3. The molecule has 8 heteroatoms. The molecule has 0 fully saturated rings. The van der Waals surface area contributed by atoms with Gasteiger partial charge in [-0.3, -0.25) is 14.3 Å². The summed E-state index contributed by atoms with van der Waals surface area (Å²) in [5.74, 6) is -1.57. The fraction of sp³-hybridized carbons (Fsp3) is 0.333. The average molecular weight is 318 g/mol. The van der Waals surface area contributed by atoms with Gasteiger partial charge in [0.25, 0.3) is 5.91 Å². The first kappa shape index (κ1) is 16.5. The number of rotatable bonds is 5. The van der Waals surface area contributed by atoms with Crippen LogP contribution in [0.25, 0.3) is 0 Å². The Morgan fingerprint density at radius 2 is 1.91 bits per heavy atom. The van der Waals surface area contributed by atoms with E-state index < -0.39 is 17.4 Å². The highest BCUT2D eigenvalue weighted by Crippen LogP contribution is 2.18. The number of Topliss-reactive ketones (excluding diaryl/α,β-unsaturated/α-hetero) is 1. The van der Waals surface area contributed by atoms with E-state index in [4.69, 9.17) is 0 Å². The van der Waals surface area contributed by atoms with Crippen molar-refractivity contribution in [3.8, 4) is 0 Å². The second kappa shape index (κ2) is 5.71. The molecule has 0 unspecified atom stereocenters. The van der Waals surface area contributed by atoms with Crippen LogP contribution in [0, 0.1) is 0 Å². The zero-order valence-electron chi connectivity index (χ0n) is 13.3. The van der Waals surface area contributed by atoms with E-state index in [9.17, 15) is 19.5 Å². The number of carboxylic acid groups (broad SMARTS) is 1. The largest absolute Gasteiger partial charge is 0.479 e. The van der Waals surface area contributed by atoms with Crippen LogP contribution >= 0.6 is 0 Å². The summed E-state index contributed by atoms with van der Waals surface area (Å²) in [5, 5.41) is 15.8. The summed E-state index contributed by atoms with van der Waals surface area (Å²) in [6.07, 6.45) is 4.40. The molecule has 8 nitrogen and oxygen atoms in total. The fourth-order valence-electron chi connectivity index (χ4n) is 1.97. The molecule has 0 saturated heterocycles. The molecule has 0 aliphatic carbocycles. The number of amides is 1. The molecule has 0 aliphatic rings. The van der Waals surface area contributed by atoms with Gasteiger partial charge in [0.15, 0.2) is 11.3 Å². The van der Waals surface area contributed by atoms with E-state index in [-0.39, 0.29) is 5.78 Å². The predicted molar refractivity (Wildman–Crippen MR) is 82.6 cm³/mol. The van der Waals surface area contributed by atoms with Crippen LogP contribution in [0.15, 0.2) is 24.7 Å². The van der Waals surface area contributed by atoms with E-state index in [1.165, 1.54) is 43.9 Å². The van der Waals surface area contributed by atoms with Gasteiger partial charge in [0, 0.05) is 25.0 Å². The second-order valence-electron chi connectivity index (χ2n) is 5.77. The minimum Gasteiger partial charge on any atom is -0.479 e. The zero-order valence-corrected chi connectivity index (χ0v) is 13.3. The Hall–Kier alpha value is -2.90. The minimum absolute atomic E-state index is 0.129. The van der Waals surface area contributed by atoms with Crippen molar-refractivity contribution in [3.63, 3.8) is 0 Å². The molecule has 2 aromatic rings. The molecule has 0 atom stereocenters. The van der Waals surface area contributed by atoms with Crippen LogP contribution in [-0.2, 0) is 17.4 Å². The van der Waals surface area contributed by atoms with Crippen molar-refractivity contribution in [3.05, 3.63) is 35.9 Å². The molecule has 2 rings (SSSR count). The number of nitrogens with zero attached hydrogens (tertiary/aromatic N) is 3. The molecular formula is C15H18N4O4. The second-order valence-corrected chi connectivity index (χ2v) is 5.77. The lowest BCUT2D eigenvalue weighted by atomic mass is 10.1. The number of aliphatic carboxylic acids is 1. The van der Waals surface area contributed by atoms with Crippen LogP contribution < -0.4 is 5.32 Å². The SMILES string of the molecule is CC(=O)c1cc(C(=O)Nc2cnn(C(C)(C)C(=O)O)c2)n(C)c1. The third-order valence-corrected chi connectivity index (χ3v) is 3.58. The lowest BCUT2D eigenvalue weighted by molar-refractivity contribution is -0.146. The van der Waals surface area contributed by atoms with E-state index in [0.29, 0.717) is 16.9 Å². The summed E-state index contributed by atoms with van der Waals surface area (Å²) in [7, 11) is 1.66. The maximum atomic E-state index is 12.3. The van der Waals surface area contributed by atoms with E-state index >= 15 is 0 Å². The third kappa shape index (κ3) is 3.15. The van der Waals surface area contributed by atoms with Gasteiger partial charge in [-0.25, -0.2) is 4.79 Å². The summed E-state index contributed by atoms with van der Waals surface area (Å²) in [4.78, 5) is 34.8. The highest BCUT2D eigenvalue weighted by Gasteiger charge is 2.30. The van der Waals surface area contributed by atoms with Crippen molar-refractivity contribution in [1.29, 1.82) is 0 Å². The summed E-state index contributed by atoms with van der Waals surface area (Å²) < 4.78 is 2.81. The maximum Gasteiger partial charge on any atom is 0.331 e. The lowest BCUT2D eigenvalue weighted by Crippen LogP contribution is -2.35. The molecule has 0 bridgehead atoms. The molecule has 1 amide bonds. The summed E-state index contributed by atoms with van der Waals surface area (Å²) >= 11 is 0. The van der Waals surface area contributed by atoms with E-state index in [0.717, 1.165) is 0 Å². The summed E-state index contributed by atoms with van der Waals surface area (Å²) in [6, 6.07) is 1.50. The van der Waals surface area contributed by atoms with Crippen LogP contribution in [0.3, 0.4) is 0 Å². The molecule has 2 N–H and O–H groups in total. The number of hydrogen-bond acceptors (Lipinski definition) is 4. The topological polar surface area (TPSA) is 106 Å². The fourth-order valence-corrected chi connectivity index (χ4v) is 1.97. The molecule has 0 aromatic carbocycles.